The zero-order valence-electron chi connectivity index (χ0n) is 9.49. The molecule has 5 nitrogen and oxygen atoms in total. The van der Waals surface area contributed by atoms with E-state index in [0.29, 0.717) is 13.1 Å². The van der Waals surface area contributed by atoms with Crippen LogP contribution in [-0.4, -0.2) is 33.2 Å². The summed E-state index contributed by atoms with van der Waals surface area (Å²) in [6.07, 6.45) is 2.35. The first-order chi connectivity index (χ1) is 7.02. The molecule has 0 aliphatic rings. The highest BCUT2D eigenvalue weighted by Crippen LogP contribution is 2.02. The third-order valence-electron chi connectivity index (χ3n) is 2.02. The van der Waals surface area contributed by atoms with E-state index in [9.17, 15) is 8.42 Å². The fourth-order valence-electron chi connectivity index (χ4n) is 1.04. The van der Waals surface area contributed by atoms with Crippen molar-refractivity contribution < 1.29 is 13.5 Å². The lowest BCUT2D eigenvalue weighted by molar-refractivity contribution is 0.228. The van der Waals surface area contributed by atoms with Gasteiger partial charge < -0.3 is 5.11 Å². The van der Waals surface area contributed by atoms with Gasteiger partial charge in [-0.3, -0.25) is 0 Å². The van der Waals surface area contributed by atoms with Crippen molar-refractivity contribution in [1.82, 2.24) is 9.44 Å². The van der Waals surface area contributed by atoms with E-state index >= 15 is 0 Å². The zero-order valence-corrected chi connectivity index (χ0v) is 10.3. The van der Waals surface area contributed by atoms with Gasteiger partial charge in [0.25, 0.3) is 10.2 Å². The molecule has 0 saturated heterocycles. The van der Waals surface area contributed by atoms with Crippen LogP contribution >= 0.6 is 0 Å². The Morgan fingerprint density at radius 3 is 2.40 bits per heavy atom. The van der Waals surface area contributed by atoms with Crippen LogP contribution in [0.15, 0.2) is 0 Å². The van der Waals surface area contributed by atoms with Crippen LogP contribution < -0.4 is 9.44 Å². The molecule has 0 heterocycles. The maximum atomic E-state index is 11.2. The molecule has 0 aliphatic carbocycles. The second-order valence-electron chi connectivity index (χ2n) is 3.72. The van der Waals surface area contributed by atoms with Crippen LogP contribution in [0.25, 0.3) is 0 Å². The Morgan fingerprint density at radius 1 is 1.27 bits per heavy atom. The fraction of sp³-hybridized carbons (Fsp3) is 1.00. The number of nitrogens with one attached hydrogen (secondary N) is 2. The second kappa shape index (κ2) is 8.04. The molecule has 6 heteroatoms. The van der Waals surface area contributed by atoms with Crippen LogP contribution in [0.4, 0.5) is 0 Å². The third kappa shape index (κ3) is 8.80. The van der Waals surface area contributed by atoms with E-state index in [4.69, 9.17) is 5.11 Å². The minimum Gasteiger partial charge on any atom is -0.396 e. The van der Waals surface area contributed by atoms with Gasteiger partial charge in [-0.2, -0.15) is 8.42 Å². The SMILES string of the molecule is CCCNS(=O)(=O)NCCCC(C)CO. The van der Waals surface area contributed by atoms with Gasteiger partial charge in [0, 0.05) is 19.7 Å². The number of aliphatic hydroxyl groups is 1. The van der Waals surface area contributed by atoms with Crippen molar-refractivity contribution in [3.05, 3.63) is 0 Å². The maximum absolute atomic E-state index is 11.2. The molecule has 3 N–H and O–H groups in total. The van der Waals surface area contributed by atoms with Gasteiger partial charge in [0.2, 0.25) is 0 Å². The molecular formula is C9H22N2O3S. The van der Waals surface area contributed by atoms with Crippen molar-refractivity contribution in [2.45, 2.75) is 33.1 Å². The van der Waals surface area contributed by atoms with Gasteiger partial charge in [0.05, 0.1) is 0 Å². The Morgan fingerprint density at radius 2 is 1.87 bits per heavy atom. The van der Waals surface area contributed by atoms with Crippen molar-refractivity contribution in [3.8, 4) is 0 Å². The minimum absolute atomic E-state index is 0.154. The van der Waals surface area contributed by atoms with Crippen LogP contribution in [0.2, 0.25) is 0 Å². The summed E-state index contributed by atoms with van der Waals surface area (Å²) in [5, 5.41) is 8.76. The predicted octanol–water partition coefficient (Wildman–Crippen LogP) is 0.229. The van der Waals surface area contributed by atoms with E-state index in [0.717, 1.165) is 19.3 Å². The highest BCUT2D eigenvalue weighted by atomic mass is 32.2. The summed E-state index contributed by atoms with van der Waals surface area (Å²) < 4.78 is 27.3. The molecule has 1 atom stereocenters. The first-order valence-electron chi connectivity index (χ1n) is 5.37. The highest BCUT2D eigenvalue weighted by molar-refractivity contribution is 7.87. The van der Waals surface area contributed by atoms with E-state index in [-0.39, 0.29) is 12.5 Å². The molecule has 92 valence electrons. The first-order valence-corrected chi connectivity index (χ1v) is 6.85. The lowest BCUT2D eigenvalue weighted by atomic mass is 10.1. The Labute approximate surface area is 92.4 Å². The summed E-state index contributed by atoms with van der Waals surface area (Å²) in [5.41, 5.74) is 0. The van der Waals surface area contributed by atoms with Gasteiger partial charge in [0.15, 0.2) is 0 Å². The normalized spacial score (nSPS) is 14.1. The summed E-state index contributed by atoms with van der Waals surface area (Å²) in [6, 6.07) is 0. The number of hydrogen-bond donors (Lipinski definition) is 3. The summed E-state index contributed by atoms with van der Waals surface area (Å²) in [7, 11) is -3.31. The average Bonchev–Trinajstić information content (AvgIpc) is 2.21. The molecule has 0 bridgehead atoms. The number of hydrogen-bond acceptors (Lipinski definition) is 3. The van der Waals surface area contributed by atoms with Crippen molar-refractivity contribution in [1.29, 1.82) is 0 Å². The van der Waals surface area contributed by atoms with Crippen LogP contribution in [0, 0.1) is 5.92 Å². The molecule has 0 aliphatic heterocycles. The Bertz CT molecular complexity index is 242. The van der Waals surface area contributed by atoms with Gasteiger partial charge in [-0.25, -0.2) is 9.44 Å². The van der Waals surface area contributed by atoms with E-state index in [1.54, 1.807) is 0 Å². The highest BCUT2D eigenvalue weighted by Gasteiger charge is 2.07. The molecule has 0 aromatic heterocycles. The molecule has 0 radical (unpaired) electrons. The fourth-order valence-corrected chi connectivity index (χ4v) is 2.02. The zero-order chi connectivity index (χ0) is 11.7. The van der Waals surface area contributed by atoms with Crippen LogP contribution in [0.3, 0.4) is 0 Å². The minimum atomic E-state index is -3.31. The van der Waals surface area contributed by atoms with E-state index in [2.05, 4.69) is 9.44 Å². The molecular weight excluding hydrogens is 216 g/mol. The van der Waals surface area contributed by atoms with Crippen LogP contribution in [0.5, 0.6) is 0 Å². The summed E-state index contributed by atoms with van der Waals surface area (Å²) in [4.78, 5) is 0. The van der Waals surface area contributed by atoms with Crippen LogP contribution in [0.1, 0.15) is 33.1 Å². The standard InChI is InChI=1S/C9H22N2O3S/c1-3-6-10-15(13,14)11-7-4-5-9(2)8-12/h9-12H,3-8H2,1-2H3. The van der Waals surface area contributed by atoms with Gasteiger partial charge >= 0.3 is 0 Å². The summed E-state index contributed by atoms with van der Waals surface area (Å²) in [6.45, 7) is 4.88. The maximum Gasteiger partial charge on any atom is 0.276 e. The van der Waals surface area contributed by atoms with E-state index in [1.807, 2.05) is 13.8 Å². The molecule has 0 saturated carbocycles. The lowest BCUT2D eigenvalue weighted by Crippen LogP contribution is -2.37. The average molecular weight is 238 g/mol. The van der Waals surface area contributed by atoms with Crippen LogP contribution in [-0.2, 0) is 10.2 Å². The topological polar surface area (TPSA) is 78.4 Å². The summed E-state index contributed by atoms with van der Waals surface area (Å²) >= 11 is 0. The molecule has 0 aromatic carbocycles. The molecule has 1 unspecified atom stereocenters. The summed E-state index contributed by atoms with van der Waals surface area (Å²) in [5.74, 6) is 0.234. The molecule has 15 heavy (non-hydrogen) atoms. The second-order valence-corrected chi connectivity index (χ2v) is 5.31. The van der Waals surface area contributed by atoms with E-state index in [1.165, 1.54) is 0 Å². The molecule has 0 rings (SSSR count). The van der Waals surface area contributed by atoms with Crippen molar-refractivity contribution >= 4 is 10.2 Å². The molecule has 0 aromatic rings. The smallest absolute Gasteiger partial charge is 0.276 e. The van der Waals surface area contributed by atoms with Crippen molar-refractivity contribution in [2.75, 3.05) is 19.7 Å². The number of rotatable bonds is 9. The van der Waals surface area contributed by atoms with Gasteiger partial charge in [0.1, 0.15) is 0 Å². The van der Waals surface area contributed by atoms with Crippen molar-refractivity contribution in [2.24, 2.45) is 5.92 Å². The van der Waals surface area contributed by atoms with Gasteiger partial charge in [-0.15, -0.1) is 0 Å². The Hall–Kier alpha value is -0.170. The monoisotopic (exact) mass is 238 g/mol. The quantitative estimate of drug-likeness (QED) is 0.503. The van der Waals surface area contributed by atoms with Gasteiger partial charge in [-0.05, 0) is 25.2 Å². The largest absolute Gasteiger partial charge is 0.396 e. The molecule has 0 amide bonds. The Kier molecular flexibility index (Phi) is 7.95. The first kappa shape index (κ1) is 14.8. The molecule has 0 spiro atoms. The third-order valence-corrected chi connectivity index (χ3v) is 3.19. The Balaban J connectivity index is 3.57. The molecule has 0 fully saturated rings. The van der Waals surface area contributed by atoms with E-state index < -0.39 is 10.2 Å². The van der Waals surface area contributed by atoms with Gasteiger partial charge in [-0.1, -0.05) is 13.8 Å². The number of aliphatic hydroxyl groups excluding tert-OH is 1. The predicted molar refractivity (Wildman–Crippen MR) is 60.7 cm³/mol. The van der Waals surface area contributed by atoms with Crippen molar-refractivity contribution in [3.63, 3.8) is 0 Å². The lowest BCUT2D eigenvalue weighted by Gasteiger charge is -2.09.